The third-order valence-electron chi connectivity index (χ3n) is 3.26. The molecular weight excluding hydrogens is 392 g/mol. The average Bonchev–Trinajstić information content (AvgIpc) is 2.73. The topological polar surface area (TPSA) is 55.4 Å². The van der Waals surface area contributed by atoms with E-state index in [-0.39, 0.29) is 0 Å². The van der Waals surface area contributed by atoms with Crippen LogP contribution in [0.15, 0.2) is 75.9 Å². The summed E-state index contributed by atoms with van der Waals surface area (Å²) >= 11 is 0. The highest BCUT2D eigenvalue weighted by Gasteiger charge is 2.48. The Hall–Kier alpha value is -1.37. The summed E-state index contributed by atoms with van der Waals surface area (Å²) in [5, 5.41) is 0. The highest BCUT2D eigenvalue weighted by Crippen LogP contribution is 2.27. The molecule has 0 amide bonds. The molecule has 0 aromatic rings. The third-order valence-corrected chi connectivity index (χ3v) is 9.13. The summed E-state index contributed by atoms with van der Waals surface area (Å²) in [6, 6.07) is 0.861. The molecule has 0 aromatic carbocycles. The molecule has 0 aliphatic carbocycles. The maximum atomic E-state index is 5.97. The Morgan fingerprint density at radius 3 is 0.714 bits per heavy atom. The van der Waals surface area contributed by atoms with Crippen molar-refractivity contribution in [3.8, 4) is 0 Å². The summed E-state index contributed by atoms with van der Waals surface area (Å²) in [5.41, 5.74) is 0. The van der Waals surface area contributed by atoms with Gasteiger partial charge in [0.15, 0.2) is 0 Å². The van der Waals surface area contributed by atoms with Gasteiger partial charge in [-0.15, -0.1) is 39.5 Å². The fourth-order valence-corrected chi connectivity index (χ4v) is 8.15. The highest BCUT2D eigenvalue weighted by molar-refractivity contribution is 6.66. The van der Waals surface area contributed by atoms with E-state index in [1.807, 2.05) is 0 Å². The van der Waals surface area contributed by atoms with Crippen molar-refractivity contribution in [1.29, 1.82) is 0 Å². The molecule has 0 fully saturated rings. The van der Waals surface area contributed by atoms with E-state index in [1.165, 1.54) is 0 Å². The minimum atomic E-state index is -3.08. The molecule has 0 saturated carbocycles. The van der Waals surface area contributed by atoms with Crippen LogP contribution in [0.5, 0.6) is 0 Å². The summed E-state index contributed by atoms with van der Waals surface area (Å²) < 4.78 is 35.8. The monoisotopic (exact) mass is 426 g/mol. The molecule has 0 rings (SSSR count). The minimum absolute atomic E-state index is 0.295. The van der Waals surface area contributed by atoms with Gasteiger partial charge in [0.2, 0.25) is 0 Å². The van der Waals surface area contributed by atoms with Gasteiger partial charge in [0.05, 0.1) is 39.6 Å². The molecule has 0 radical (unpaired) electrons. The van der Waals surface area contributed by atoms with Crippen LogP contribution < -0.4 is 0 Å². The lowest BCUT2D eigenvalue weighted by Crippen LogP contribution is -2.52. The smallest absolute Gasteiger partial charge is 0.370 e. The second kappa shape index (κ2) is 16.6. The Kier molecular flexibility index (Phi) is 15.8. The molecule has 6 nitrogen and oxygen atoms in total. The van der Waals surface area contributed by atoms with E-state index in [0.717, 1.165) is 0 Å². The molecule has 0 aliphatic heterocycles. The first-order valence-electron chi connectivity index (χ1n) is 9.06. The van der Waals surface area contributed by atoms with Crippen LogP contribution in [0, 0.1) is 0 Å². The van der Waals surface area contributed by atoms with Gasteiger partial charge in [0, 0.05) is 12.1 Å². The Bertz CT molecular complexity index is 389. The van der Waals surface area contributed by atoms with E-state index in [9.17, 15) is 0 Å². The van der Waals surface area contributed by atoms with E-state index in [0.29, 0.717) is 51.7 Å². The molecule has 0 aromatic heterocycles. The van der Waals surface area contributed by atoms with Gasteiger partial charge in [-0.2, -0.15) is 0 Å². The van der Waals surface area contributed by atoms with Crippen LogP contribution in [-0.2, 0) is 26.6 Å². The summed E-state index contributed by atoms with van der Waals surface area (Å²) in [4.78, 5) is 0. The van der Waals surface area contributed by atoms with E-state index in [4.69, 9.17) is 26.6 Å². The molecular formula is C20H34O6Si2. The fraction of sp³-hybridized carbons (Fsp3) is 0.400. The molecule has 0 aliphatic rings. The van der Waals surface area contributed by atoms with Gasteiger partial charge in [-0.05, 0) is 0 Å². The second-order valence-electron chi connectivity index (χ2n) is 5.46. The van der Waals surface area contributed by atoms with Crippen LogP contribution in [0.25, 0.3) is 0 Å². The van der Waals surface area contributed by atoms with Crippen molar-refractivity contribution in [2.45, 2.75) is 12.1 Å². The molecule has 8 heteroatoms. The Morgan fingerprint density at radius 1 is 0.393 bits per heavy atom. The first-order chi connectivity index (χ1) is 13.6. The van der Waals surface area contributed by atoms with Crippen LogP contribution in [0.4, 0.5) is 0 Å². The van der Waals surface area contributed by atoms with Gasteiger partial charge in [-0.3, -0.25) is 0 Å². The Morgan fingerprint density at radius 2 is 0.571 bits per heavy atom. The fourth-order valence-electron chi connectivity index (χ4n) is 2.10. The van der Waals surface area contributed by atoms with Gasteiger partial charge in [0.1, 0.15) is 0 Å². The Balaban J connectivity index is 5.58. The van der Waals surface area contributed by atoms with Crippen molar-refractivity contribution in [2.24, 2.45) is 0 Å². The summed E-state index contributed by atoms with van der Waals surface area (Å²) in [7, 11) is -6.16. The molecule has 0 heterocycles. The van der Waals surface area contributed by atoms with Gasteiger partial charge < -0.3 is 26.6 Å². The number of rotatable bonds is 21. The van der Waals surface area contributed by atoms with E-state index in [1.54, 1.807) is 36.5 Å². The van der Waals surface area contributed by atoms with Crippen LogP contribution in [-0.4, -0.2) is 57.3 Å². The molecule has 28 heavy (non-hydrogen) atoms. The highest BCUT2D eigenvalue weighted by atomic mass is 28.4. The van der Waals surface area contributed by atoms with Crippen molar-refractivity contribution >= 4 is 17.6 Å². The van der Waals surface area contributed by atoms with Crippen molar-refractivity contribution in [3.63, 3.8) is 0 Å². The molecule has 0 N–H and O–H groups in total. The maximum absolute atomic E-state index is 5.97. The quantitative estimate of drug-likeness (QED) is 0.204. The SMILES string of the molecule is C=CCO[Si](CC[Si](OCC=C)(OCC=C)OCC=C)(OCC=C)OCC=C. The first kappa shape index (κ1) is 26.6. The zero-order valence-corrected chi connectivity index (χ0v) is 18.8. The molecule has 0 atom stereocenters. The summed E-state index contributed by atoms with van der Waals surface area (Å²) in [5.74, 6) is 0. The van der Waals surface area contributed by atoms with Gasteiger partial charge >= 0.3 is 17.6 Å². The van der Waals surface area contributed by atoms with Crippen molar-refractivity contribution in [1.82, 2.24) is 0 Å². The van der Waals surface area contributed by atoms with E-state index in [2.05, 4.69) is 39.5 Å². The Labute approximate surface area is 172 Å². The van der Waals surface area contributed by atoms with Gasteiger partial charge in [0.25, 0.3) is 0 Å². The van der Waals surface area contributed by atoms with Gasteiger partial charge in [-0.25, -0.2) is 0 Å². The predicted octanol–water partition coefficient (Wildman–Crippen LogP) is 4.08. The zero-order chi connectivity index (χ0) is 21.1. The summed E-state index contributed by atoms with van der Waals surface area (Å²) in [6.07, 6.45) is 9.90. The maximum Gasteiger partial charge on any atom is 0.501 e. The second-order valence-corrected chi connectivity index (χ2v) is 10.9. The van der Waals surface area contributed by atoms with Crippen molar-refractivity contribution < 1.29 is 26.6 Å². The van der Waals surface area contributed by atoms with Crippen molar-refractivity contribution in [3.05, 3.63) is 75.9 Å². The average molecular weight is 427 g/mol. The number of hydrogen-bond acceptors (Lipinski definition) is 6. The lowest BCUT2D eigenvalue weighted by atomic mass is 10.7. The van der Waals surface area contributed by atoms with Crippen LogP contribution in [0.3, 0.4) is 0 Å². The molecule has 0 saturated heterocycles. The van der Waals surface area contributed by atoms with Crippen molar-refractivity contribution in [2.75, 3.05) is 39.6 Å². The van der Waals surface area contributed by atoms with E-state index < -0.39 is 17.6 Å². The van der Waals surface area contributed by atoms with Crippen LogP contribution in [0.2, 0.25) is 12.1 Å². The first-order valence-corrected chi connectivity index (χ1v) is 12.9. The zero-order valence-electron chi connectivity index (χ0n) is 16.8. The normalized spacial score (nSPS) is 11.6. The standard InChI is InChI=1S/C20H34O6Si2/c1-7-13-21-27(22-14-8-2,23-15-9-3)19-20-28(24-16-10-4,25-17-11-5)26-18-12-6/h7-12H,1-6,13-20H2. The van der Waals surface area contributed by atoms with Gasteiger partial charge in [-0.1, -0.05) is 36.5 Å². The summed E-state index contributed by atoms with van der Waals surface area (Å²) in [6.45, 7) is 24.0. The largest absolute Gasteiger partial charge is 0.501 e. The number of hydrogen-bond donors (Lipinski definition) is 0. The lowest BCUT2D eigenvalue weighted by molar-refractivity contribution is 0.0728. The molecule has 158 valence electrons. The third kappa shape index (κ3) is 10.8. The molecule has 0 spiro atoms. The van der Waals surface area contributed by atoms with Crippen LogP contribution >= 0.6 is 0 Å². The minimum Gasteiger partial charge on any atom is -0.370 e. The predicted molar refractivity (Wildman–Crippen MR) is 118 cm³/mol. The van der Waals surface area contributed by atoms with Crippen LogP contribution in [0.1, 0.15) is 0 Å². The van der Waals surface area contributed by atoms with E-state index >= 15 is 0 Å². The molecule has 0 unspecified atom stereocenters. The lowest BCUT2D eigenvalue weighted by Gasteiger charge is -2.33. The molecule has 0 bridgehead atoms.